The van der Waals surface area contributed by atoms with Crippen LogP contribution in [0.5, 0.6) is 5.75 Å². The number of carbonyl (C=O) groups excluding carboxylic acids is 1. The van der Waals surface area contributed by atoms with E-state index in [1.54, 1.807) is 12.3 Å². The standard InChI is InChI=1S/C18H14ClN3O4/c19-15-7-6-13(22(24)25)11-14(15)18(23)21-9-10-26-16-5-1-3-12-4-2-8-20-17(12)16/h1-8,11H,9-10H2,(H,21,23). The molecule has 0 saturated heterocycles. The molecule has 1 aromatic heterocycles. The second-order valence-electron chi connectivity index (χ2n) is 5.36. The molecule has 0 radical (unpaired) electrons. The molecule has 0 fully saturated rings. The van der Waals surface area contributed by atoms with Crippen molar-refractivity contribution in [2.24, 2.45) is 0 Å². The Labute approximate surface area is 153 Å². The van der Waals surface area contributed by atoms with E-state index >= 15 is 0 Å². The first kappa shape index (κ1) is 17.6. The van der Waals surface area contributed by atoms with E-state index in [9.17, 15) is 14.9 Å². The molecule has 0 aliphatic rings. The highest BCUT2D eigenvalue weighted by Crippen LogP contribution is 2.23. The van der Waals surface area contributed by atoms with Crippen molar-refractivity contribution < 1.29 is 14.5 Å². The van der Waals surface area contributed by atoms with E-state index < -0.39 is 10.8 Å². The molecule has 3 aromatic rings. The van der Waals surface area contributed by atoms with Crippen molar-refractivity contribution in [1.82, 2.24) is 10.3 Å². The van der Waals surface area contributed by atoms with Gasteiger partial charge in [-0.2, -0.15) is 0 Å². The summed E-state index contributed by atoms with van der Waals surface area (Å²) in [5.41, 5.74) is 0.591. The average molecular weight is 372 g/mol. The number of carbonyl (C=O) groups is 1. The lowest BCUT2D eigenvalue weighted by atomic mass is 10.2. The minimum Gasteiger partial charge on any atom is -0.489 e. The van der Waals surface area contributed by atoms with Crippen molar-refractivity contribution in [3.05, 3.63) is 75.4 Å². The Kier molecular flexibility index (Phi) is 5.28. The Hall–Kier alpha value is -3.19. The Morgan fingerprint density at radius 3 is 2.85 bits per heavy atom. The van der Waals surface area contributed by atoms with Gasteiger partial charge in [-0.25, -0.2) is 0 Å². The van der Waals surface area contributed by atoms with Crippen LogP contribution in [-0.4, -0.2) is 29.0 Å². The molecule has 0 unspecified atom stereocenters. The zero-order valence-electron chi connectivity index (χ0n) is 13.5. The summed E-state index contributed by atoms with van der Waals surface area (Å²) in [4.78, 5) is 26.7. The first-order valence-electron chi connectivity index (χ1n) is 7.75. The molecular weight excluding hydrogens is 358 g/mol. The van der Waals surface area contributed by atoms with E-state index in [0.29, 0.717) is 5.75 Å². The fourth-order valence-corrected chi connectivity index (χ4v) is 2.62. The molecular formula is C18H14ClN3O4. The summed E-state index contributed by atoms with van der Waals surface area (Å²) in [7, 11) is 0. The van der Waals surface area contributed by atoms with E-state index in [1.165, 1.54) is 12.1 Å². The summed E-state index contributed by atoms with van der Waals surface area (Å²) in [6, 6.07) is 13.1. The highest BCUT2D eigenvalue weighted by atomic mass is 35.5. The molecule has 0 saturated carbocycles. The number of amides is 1. The van der Waals surface area contributed by atoms with Crippen molar-refractivity contribution in [2.45, 2.75) is 0 Å². The predicted octanol–water partition coefficient (Wildman–Crippen LogP) is 3.61. The minimum absolute atomic E-state index is 0.0488. The van der Waals surface area contributed by atoms with Gasteiger partial charge in [0.15, 0.2) is 0 Å². The maximum atomic E-state index is 12.2. The quantitative estimate of drug-likeness (QED) is 0.406. The zero-order chi connectivity index (χ0) is 18.5. The minimum atomic E-state index is -0.580. The molecule has 8 heteroatoms. The molecule has 0 aliphatic heterocycles. The van der Waals surface area contributed by atoms with Gasteiger partial charge in [0, 0.05) is 23.7 Å². The van der Waals surface area contributed by atoms with Crippen molar-refractivity contribution in [3.63, 3.8) is 0 Å². The van der Waals surface area contributed by atoms with Crippen LogP contribution in [0.2, 0.25) is 5.02 Å². The number of aromatic nitrogens is 1. The lowest BCUT2D eigenvalue weighted by Gasteiger charge is -2.10. The molecule has 0 bridgehead atoms. The van der Waals surface area contributed by atoms with Crippen LogP contribution in [0.3, 0.4) is 0 Å². The van der Waals surface area contributed by atoms with Crippen molar-refractivity contribution in [3.8, 4) is 5.75 Å². The lowest BCUT2D eigenvalue weighted by molar-refractivity contribution is -0.384. The normalized spacial score (nSPS) is 10.5. The number of nitro benzene ring substituents is 1. The number of fused-ring (bicyclic) bond motifs is 1. The summed E-state index contributed by atoms with van der Waals surface area (Å²) in [5, 5.41) is 14.6. The average Bonchev–Trinajstić information content (AvgIpc) is 2.65. The number of halogens is 1. The van der Waals surface area contributed by atoms with Crippen molar-refractivity contribution in [1.29, 1.82) is 0 Å². The molecule has 3 rings (SSSR count). The number of non-ortho nitro benzene ring substituents is 1. The molecule has 1 amide bonds. The number of pyridine rings is 1. The smallest absolute Gasteiger partial charge is 0.270 e. The monoisotopic (exact) mass is 371 g/mol. The number of nitrogens with zero attached hydrogens (tertiary/aromatic N) is 2. The zero-order valence-corrected chi connectivity index (χ0v) is 14.3. The number of benzene rings is 2. The molecule has 2 aromatic carbocycles. The fraction of sp³-hybridized carbons (Fsp3) is 0.111. The van der Waals surface area contributed by atoms with Gasteiger partial charge in [0.25, 0.3) is 11.6 Å². The van der Waals surface area contributed by atoms with Crippen molar-refractivity contribution >= 4 is 34.1 Å². The van der Waals surface area contributed by atoms with E-state index in [0.717, 1.165) is 17.0 Å². The maximum absolute atomic E-state index is 12.2. The maximum Gasteiger partial charge on any atom is 0.270 e. The van der Waals surface area contributed by atoms with Crippen LogP contribution >= 0.6 is 11.6 Å². The third-order valence-corrected chi connectivity index (χ3v) is 3.98. The molecule has 1 N–H and O–H groups in total. The van der Waals surface area contributed by atoms with E-state index in [-0.39, 0.29) is 29.4 Å². The SMILES string of the molecule is O=C(NCCOc1cccc2cccnc12)c1cc([N+](=O)[O-])ccc1Cl. The highest BCUT2D eigenvalue weighted by molar-refractivity contribution is 6.33. The van der Waals surface area contributed by atoms with Crippen LogP contribution in [0, 0.1) is 10.1 Å². The van der Waals surface area contributed by atoms with E-state index in [4.69, 9.17) is 16.3 Å². The van der Waals surface area contributed by atoms with Crippen LogP contribution in [0.25, 0.3) is 10.9 Å². The Balaban J connectivity index is 1.61. The van der Waals surface area contributed by atoms with Crippen molar-refractivity contribution in [2.75, 3.05) is 13.2 Å². The summed E-state index contributed by atoms with van der Waals surface area (Å²) in [6.45, 7) is 0.426. The number of hydrogen-bond acceptors (Lipinski definition) is 5. The fourth-order valence-electron chi connectivity index (χ4n) is 2.41. The molecule has 7 nitrogen and oxygen atoms in total. The third kappa shape index (κ3) is 3.89. The molecule has 0 aliphatic carbocycles. The second-order valence-corrected chi connectivity index (χ2v) is 5.76. The Morgan fingerprint density at radius 1 is 1.23 bits per heavy atom. The number of nitro groups is 1. The highest BCUT2D eigenvalue weighted by Gasteiger charge is 2.15. The van der Waals surface area contributed by atoms with Crippen LogP contribution in [-0.2, 0) is 0 Å². The number of hydrogen-bond donors (Lipinski definition) is 1. The number of ether oxygens (including phenoxy) is 1. The van der Waals surface area contributed by atoms with Gasteiger partial charge >= 0.3 is 0 Å². The molecule has 26 heavy (non-hydrogen) atoms. The van der Waals surface area contributed by atoms with E-state index in [2.05, 4.69) is 10.3 Å². The van der Waals surface area contributed by atoms with Crippen LogP contribution in [0.15, 0.2) is 54.7 Å². The third-order valence-electron chi connectivity index (χ3n) is 3.65. The first-order chi connectivity index (χ1) is 12.6. The van der Waals surface area contributed by atoms with Gasteiger partial charge in [0.05, 0.1) is 22.1 Å². The summed E-state index contributed by atoms with van der Waals surface area (Å²) in [6.07, 6.45) is 1.68. The second kappa shape index (κ2) is 7.79. The van der Waals surface area contributed by atoms with Gasteiger partial charge in [-0.3, -0.25) is 19.9 Å². The first-order valence-corrected chi connectivity index (χ1v) is 8.13. The summed E-state index contributed by atoms with van der Waals surface area (Å²) < 4.78 is 5.68. The molecule has 1 heterocycles. The lowest BCUT2D eigenvalue weighted by Crippen LogP contribution is -2.28. The van der Waals surface area contributed by atoms with Crippen LogP contribution < -0.4 is 10.1 Å². The molecule has 132 valence electrons. The number of rotatable bonds is 6. The van der Waals surface area contributed by atoms with Gasteiger partial charge in [0.1, 0.15) is 17.9 Å². The molecule has 0 spiro atoms. The van der Waals surface area contributed by atoms with E-state index in [1.807, 2.05) is 24.3 Å². The molecule has 0 atom stereocenters. The van der Waals surface area contributed by atoms with Gasteiger partial charge in [0.2, 0.25) is 0 Å². The summed E-state index contributed by atoms with van der Waals surface area (Å²) in [5.74, 6) is 0.115. The van der Waals surface area contributed by atoms with Gasteiger partial charge < -0.3 is 10.1 Å². The number of nitrogens with one attached hydrogen (secondary N) is 1. The van der Waals surface area contributed by atoms with Gasteiger partial charge in [-0.05, 0) is 18.2 Å². The number of para-hydroxylation sites is 1. The topological polar surface area (TPSA) is 94.4 Å². The van der Waals surface area contributed by atoms with Gasteiger partial charge in [-0.15, -0.1) is 0 Å². The predicted molar refractivity (Wildman–Crippen MR) is 97.7 cm³/mol. The Morgan fingerprint density at radius 2 is 2.04 bits per heavy atom. The van der Waals surface area contributed by atoms with Gasteiger partial charge in [-0.1, -0.05) is 29.8 Å². The van der Waals surface area contributed by atoms with Crippen LogP contribution in [0.4, 0.5) is 5.69 Å². The largest absolute Gasteiger partial charge is 0.489 e. The Bertz CT molecular complexity index is 972. The summed E-state index contributed by atoms with van der Waals surface area (Å²) >= 11 is 5.95. The van der Waals surface area contributed by atoms with Crippen LogP contribution in [0.1, 0.15) is 10.4 Å².